The van der Waals surface area contributed by atoms with Gasteiger partial charge in [-0.05, 0) is 42.3 Å². The van der Waals surface area contributed by atoms with Gasteiger partial charge < -0.3 is 34.3 Å². The molecule has 2 aromatic carbocycles. The maximum atomic E-state index is 13.0. The first-order valence-electron chi connectivity index (χ1n) is 10.1. The fraction of sp³-hybridized carbons (Fsp3) is 0.304. The highest BCUT2D eigenvalue weighted by Crippen LogP contribution is 2.36. The van der Waals surface area contributed by atoms with Gasteiger partial charge in [-0.1, -0.05) is 18.7 Å². The summed E-state index contributed by atoms with van der Waals surface area (Å²) in [6.07, 6.45) is 0. The Bertz CT molecular complexity index is 1050. The fourth-order valence-electron chi connectivity index (χ4n) is 3.67. The topological polar surface area (TPSA) is 104 Å². The molecule has 2 aliphatic heterocycles. The summed E-state index contributed by atoms with van der Waals surface area (Å²) in [7, 11) is 1.53. The molecule has 2 heterocycles. The second kappa shape index (κ2) is 9.09. The van der Waals surface area contributed by atoms with E-state index in [1.807, 2.05) is 6.92 Å². The number of benzene rings is 2. The van der Waals surface area contributed by atoms with Crippen molar-refractivity contribution in [3.05, 3.63) is 59.8 Å². The number of esters is 1. The van der Waals surface area contributed by atoms with Crippen LogP contribution in [0.4, 0.5) is 4.79 Å². The number of urea groups is 1. The van der Waals surface area contributed by atoms with Crippen molar-refractivity contribution >= 4 is 12.0 Å². The molecule has 2 N–H and O–H groups in total. The molecule has 0 aromatic heterocycles. The van der Waals surface area contributed by atoms with Crippen LogP contribution in [-0.4, -0.2) is 32.5 Å². The number of carbonyl (C=O) groups excluding carboxylic acids is 2. The van der Waals surface area contributed by atoms with Crippen LogP contribution in [0.3, 0.4) is 0 Å². The molecule has 0 aliphatic carbocycles. The second-order valence-electron chi connectivity index (χ2n) is 7.22. The van der Waals surface area contributed by atoms with E-state index in [-0.39, 0.29) is 19.1 Å². The van der Waals surface area contributed by atoms with Crippen LogP contribution in [0, 0.1) is 5.92 Å². The first kappa shape index (κ1) is 21.4. The maximum Gasteiger partial charge on any atom is 0.319 e. The summed E-state index contributed by atoms with van der Waals surface area (Å²) in [6, 6.07) is 9.43. The Balaban J connectivity index is 1.54. The lowest BCUT2D eigenvalue weighted by Gasteiger charge is -2.33. The van der Waals surface area contributed by atoms with Gasteiger partial charge in [0.05, 0.1) is 19.8 Å². The summed E-state index contributed by atoms with van der Waals surface area (Å²) in [5, 5.41) is 5.35. The van der Waals surface area contributed by atoms with Gasteiger partial charge in [0.1, 0.15) is 12.5 Å². The highest BCUT2D eigenvalue weighted by molar-refractivity contribution is 5.85. The van der Waals surface area contributed by atoms with Gasteiger partial charge >= 0.3 is 12.0 Å². The molecule has 0 spiro atoms. The Kier molecular flexibility index (Phi) is 6.07. The highest BCUT2D eigenvalue weighted by atomic mass is 16.7. The molecule has 168 valence electrons. The number of ether oxygens (including phenoxy) is 5. The lowest BCUT2D eigenvalue weighted by atomic mass is 9.89. The van der Waals surface area contributed by atoms with Crippen molar-refractivity contribution in [2.45, 2.75) is 19.6 Å². The molecule has 9 nitrogen and oxygen atoms in total. The SMILES string of the molecule is C=C1NC(=O)NC(c2ccc(OCC)c(OC)c2)C1C(=O)OCc1ccc2c(c1)OCO2. The molecule has 2 amide bonds. The van der Waals surface area contributed by atoms with E-state index in [9.17, 15) is 9.59 Å². The standard InChI is InChI=1S/C23H24N2O7/c1-4-29-16-8-6-15(10-18(16)28-3)21-20(13(2)24-23(27)25-21)22(26)30-11-14-5-7-17-19(9-14)32-12-31-17/h5-10,20-21H,2,4,11-12H2,1,3H3,(H2,24,25,27). The Morgan fingerprint density at radius 2 is 1.97 bits per heavy atom. The molecule has 9 heteroatoms. The number of fused-ring (bicyclic) bond motifs is 1. The van der Waals surface area contributed by atoms with E-state index in [4.69, 9.17) is 23.7 Å². The first-order chi connectivity index (χ1) is 15.5. The molecule has 2 unspecified atom stereocenters. The number of hydrogen-bond acceptors (Lipinski definition) is 7. The maximum absolute atomic E-state index is 13.0. The van der Waals surface area contributed by atoms with E-state index in [1.165, 1.54) is 7.11 Å². The summed E-state index contributed by atoms with van der Waals surface area (Å²) in [6.45, 7) is 6.42. The van der Waals surface area contributed by atoms with Gasteiger partial charge in [-0.15, -0.1) is 0 Å². The number of amides is 2. The zero-order valence-corrected chi connectivity index (χ0v) is 17.8. The number of nitrogens with one attached hydrogen (secondary N) is 2. The minimum atomic E-state index is -0.843. The molecular formula is C23H24N2O7. The van der Waals surface area contributed by atoms with E-state index < -0.39 is 24.0 Å². The van der Waals surface area contributed by atoms with Gasteiger partial charge in [0, 0.05) is 5.70 Å². The molecule has 2 atom stereocenters. The molecule has 1 fully saturated rings. The van der Waals surface area contributed by atoms with Gasteiger partial charge in [0.2, 0.25) is 6.79 Å². The van der Waals surface area contributed by atoms with Crippen LogP contribution < -0.4 is 29.6 Å². The second-order valence-corrected chi connectivity index (χ2v) is 7.22. The lowest BCUT2D eigenvalue weighted by Crippen LogP contribution is -2.51. The third-order valence-corrected chi connectivity index (χ3v) is 5.19. The Hall–Kier alpha value is -3.88. The third-order valence-electron chi connectivity index (χ3n) is 5.19. The monoisotopic (exact) mass is 440 g/mol. The van der Waals surface area contributed by atoms with Crippen LogP contribution >= 0.6 is 0 Å². The van der Waals surface area contributed by atoms with Gasteiger partial charge in [-0.3, -0.25) is 4.79 Å². The molecular weight excluding hydrogens is 416 g/mol. The van der Waals surface area contributed by atoms with Crippen molar-refractivity contribution in [2.75, 3.05) is 20.5 Å². The molecule has 0 radical (unpaired) electrons. The number of carbonyl (C=O) groups is 2. The van der Waals surface area contributed by atoms with Crippen molar-refractivity contribution in [2.24, 2.45) is 5.92 Å². The van der Waals surface area contributed by atoms with Crippen molar-refractivity contribution < 1.29 is 33.3 Å². The highest BCUT2D eigenvalue weighted by Gasteiger charge is 2.39. The number of methoxy groups -OCH3 is 1. The van der Waals surface area contributed by atoms with Crippen molar-refractivity contribution in [1.29, 1.82) is 0 Å². The van der Waals surface area contributed by atoms with Crippen LogP contribution in [0.2, 0.25) is 0 Å². The predicted octanol–water partition coefficient (Wildman–Crippen LogP) is 3.05. The van der Waals surface area contributed by atoms with Gasteiger partial charge in [-0.2, -0.15) is 0 Å². The molecule has 0 saturated carbocycles. The Morgan fingerprint density at radius 1 is 1.16 bits per heavy atom. The van der Waals surface area contributed by atoms with E-state index >= 15 is 0 Å². The van der Waals surface area contributed by atoms with Gasteiger partial charge in [0.25, 0.3) is 0 Å². The van der Waals surface area contributed by atoms with Crippen LogP contribution in [0.1, 0.15) is 24.1 Å². The minimum Gasteiger partial charge on any atom is -0.493 e. The minimum absolute atomic E-state index is 0.0342. The van der Waals surface area contributed by atoms with E-state index in [0.29, 0.717) is 35.2 Å². The van der Waals surface area contributed by atoms with Crippen molar-refractivity contribution in [3.63, 3.8) is 0 Å². The average Bonchev–Trinajstić information content (AvgIpc) is 3.25. The van der Waals surface area contributed by atoms with Crippen LogP contribution in [-0.2, 0) is 16.1 Å². The zero-order chi connectivity index (χ0) is 22.7. The molecule has 4 rings (SSSR count). The fourth-order valence-corrected chi connectivity index (χ4v) is 3.67. The number of hydrogen-bond donors (Lipinski definition) is 2. The predicted molar refractivity (Wildman–Crippen MR) is 114 cm³/mol. The number of rotatable bonds is 7. The first-order valence-corrected chi connectivity index (χ1v) is 10.1. The Labute approximate surface area is 185 Å². The quantitative estimate of drug-likeness (QED) is 0.638. The third kappa shape index (κ3) is 4.27. The van der Waals surface area contributed by atoms with Crippen LogP contribution in [0.5, 0.6) is 23.0 Å². The van der Waals surface area contributed by atoms with Gasteiger partial charge in [0.15, 0.2) is 23.0 Å². The Morgan fingerprint density at radius 3 is 2.75 bits per heavy atom. The van der Waals surface area contributed by atoms with Crippen LogP contribution in [0.15, 0.2) is 48.7 Å². The molecule has 2 aromatic rings. The summed E-state index contributed by atoms with van der Waals surface area (Å²) in [5.41, 5.74) is 1.66. The normalized spacial score (nSPS) is 19.1. The molecule has 2 aliphatic rings. The average molecular weight is 440 g/mol. The molecule has 0 bridgehead atoms. The summed E-state index contributed by atoms with van der Waals surface area (Å²) in [5.74, 6) is 0.948. The van der Waals surface area contributed by atoms with E-state index in [1.54, 1.807) is 36.4 Å². The molecule has 1 saturated heterocycles. The van der Waals surface area contributed by atoms with E-state index in [0.717, 1.165) is 5.56 Å². The summed E-state index contributed by atoms with van der Waals surface area (Å²) < 4.78 is 27.2. The van der Waals surface area contributed by atoms with Gasteiger partial charge in [-0.25, -0.2) is 4.79 Å². The van der Waals surface area contributed by atoms with E-state index in [2.05, 4.69) is 17.2 Å². The largest absolute Gasteiger partial charge is 0.493 e. The molecule has 32 heavy (non-hydrogen) atoms. The summed E-state index contributed by atoms with van der Waals surface area (Å²) in [4.78, 5) is 25.2. The van der Waals surface area contributed by atoms with Crippen LogP contribution in [0.25, 0.3) is 0 Å². The zero-order valence-electron chi connectivity index (χ0n) is 17.8. The van der Waals surface area contributed by atoms with Crippen molar-refractivity contribution in [1.82, 2.24) is 10.6 Å². The lowest BCUT2D eigenvalue weighted by molar-refractivity contribution is -0.149. The van der Waals surface area contributed by atoms with Crippen molar-refractivity contribution in [3.8, 4) is 23.0 Å². The smallest absolute Gasteiger partial charge is 0.319 e. The summed E-state index contributed by atoms with van der Waals surface area (Å²) >= 11 is 0.